The van der Waals surface area contributed by atoms with Gasteiger partial charge >= 0.3 is 5.97 Å². The highest BCUT2D eigenvalue weighted by molar-refractivity contribution is 5.89. The van der Waals surface area contributed by atoms with Gasteiger partial charge in [-0.2, -0.15) is 0 Å². The largest absolute Gasteiger partial charge is 0.448 e. The Balaban J connectivity index is 2.25. The second kappa shape index (κ2) is 4.37. The molecule has 1 aromatic carbocycles. The van der Waals surface area contributed by atoms with Crippen molar-refractivity contribution in [2.45, 2.75) is 13.8 Å². The van der Waals surface area contributed by atoms with Gasteiger partial charge in [0.15, 0.2) is 23.7 Å². The molecule has 0 fully saturated rings. The standard InChI is InChI=1S/C12H10FNO3/c1-7-4-3-5-9(10(7)13)17-12(15)11-8(2)16-6-14-11/h3-6H,1-2H3. The van der Waals surface area contributed by atoms with Gasteiger partial charge in [0.2, 0.25) is 0 Å². The normalized spacial score (nSPS) is 10.3. The summed E-state index contributed by atoms with van der Waals surface area (Å²) in [5.74, 6) is -1.07. The molecule has 0 saturated carbocycles. The lowest BCUT2D eigenvalue weighted by atomic mass is 10.2. The maximum atomic E-state index is 13.6. The first-order valence-corrected chi connectivity index (χ1v) is 4.97. The molecule has 5 heteroatoms. The summed E-state index contributed by atoms with van der Waals surface area (Å²) in [5.41, 5.74) is 0.457. The Morgan fingerprint density at radius 1 is 1.41 bits per heavy atom. The van der Waals surface area contributed by atoms with Crippen LogP contribution < -0.4 is 4.74 Å². The number of nitrogens with zero attached hydrogens (tertiary/aromatic N) is 1. The van der Waals surface area contributed by atoms with Gasteiger partial charge in [-0.3, -0.25) is 0 Å². The van der Waals surface area contributed by atoms with Crippen molar-refractivity contribution in [3.63, 3.8) is 0 Å². The highest BCUT2D eigenvalue weighted by atomic mass is 19.1. The molecular weight excluding hydrogens is 225 g/mol. The Bertz CT molecular complexity index is 563. The van der Waals surface area contributed by atoms with Crippen molar-refractivity contribution in [3.8, 4) is 5.75 Å². The first-order chi connectivity index (χ1) is 8.09. The average molecular weight is 235 g/mol. The number of halogens is 1. The van der Waals surface area contributed by atoms with Crippen LogP contribution in [-0.4, -0.2) is 11.0 Å². The van der Waals surface area contributed by atoms with Gasteiger partial charge < -0.3 is 9.15 Å². The molecule has 17 heavy (non-hydrogen) atoms. The fourth-order valence-corrected chi connectivity index (χ4v) is 1.35. The van der Waals surface area contributed by atoms with Crippen molar-refractivity contribution in [3.05, 3.63) is 47.4 Å². The lowest BCUT2D eigenvalue weighted by Gasteiger charge is -2.05. The van der Waals surface area contributed by atoms with Crippen molar-refractivity contribution in [1.29, 1.82) is 0 Å². The zero-order valence-electron chi connectivity index (χ0n) is 9.36. The van der Waals surface area contributed by atoms with Crippen molar-refractivity contribution in [2.75, 3.05) is 0 Å². The van der Waals surface area contributed by atoms with Crippen LogP contribution in [0.4, 0.5) is 4.39 Å². The maximum absolute atomic E-state index is 13.6. The molecule has 1 aromatic heterocycles. The van der Waals surface area contributed by atoms with E-state index in [0.717, 1.165) is 6.39 Å². The molecule has 0 unspecified atom stereocenters. The van der Waals surface area contributed by atoms with E-state index in [2.05, 4.69) is 4.98 Å². The predicted molar refractivity (Wildman–Crippen MR) is 57.3 cm³/mol. The first kappa shape index (κ1) is 11.3. The number of benzene rings is 1. The summed E-state index contributed by atoms with van der Waals surface area (Å²) in [7, 11) is 0. The molecule has 1 heterocycles. The third-order valence-electron chi connectivity index (χ3n) is 2.30. The summed E-state index contributed by atoms with van der Waals surface area (Å²) in [6.45, 7) is 3.17. The van der Waals surface area contributed by atoms with Crippen LogP contribution in [0, 0.1) is 19.7 Å². The number of rotatable bonds is 2. The molecule has 0 amide bonds. The van der Waals surface area contributed by atoms with E-state index in [1.54, 1.807) is 26.0 Å². The fourth-order valence-electron chi connectivity index (χ4n) is 1.35. The molecular formula is C12H10FNO3. The molecule has 0 atom stereocenters. The zero-order valence-corrected chi connectivity index (χ0v) is 9.36. The average Bonchev–Trinajstić information content (AvgIpc) is 2.71. The SMILES string of the molecule is Cc1cccc(OC(=O)c2ncoc2C)c1F. The number of ether oxygens (including phenoxy) is 1. The molecule has 0 aliphatic carbocycles. The Morgan fingerprint density at radius 3 is 2.82 bits per heavy atom. The lowest BCUT2D eigenvalue weighted by Crippen LogP contribution is -2.11. The minimum absolute atomic E-state index is 0.0471. The number of hydrogen-bond acceptors (Lipinski definition) is 4. The molecule has 88 valence electrons. The number of hydrogen-bond donors (Lipinski definition) is 0. The Kier molecular flexibility index (Phi) is 2.91. The van der Waals surface area contributed by atoms with Crippen LogP contribution in [-0.2, 0) is 0 Å². The van der Waals surface area contributed by atoms with Crippen molar-refractivity contribution in [1.82, 2.24) is 4.98 Å². The van der Waals surface area contributed by atoms with Gasteiger partial charge in [-0.1, -0.05) is 12.1 Å². The van der Waals surface area contributed by atoms with Crippen LogP contribution in [0.3, 0.4) is 0 Å². The molecule has 0 aliphatic heterocycles. The number of carbonyl (C=O) groups excluding carboxylic acids is 1. The molecule has 2 aromatic rings. The summed E-state index contributed by atoms with van der Waals surface area (Å²) in [6.07, 6.45) is 1.14. The van der Waals surface area contributed by atoms with Crippen LogP contribution in [0.5, 0.6) is 5.75 Å². The third kappa shape index (κ3) is 2.18. The second-order valence-corrected chi connectivity index (χ2v) is 3.53. The maximum Gasteiger partial charge on any atom is 0.366 e. The fraction of sp³-hybridized carbons (Fsp3) is 0.167. The van der Waals surface area contributed by atoms with Gasteiger partial charge in [-0.25, -0.2) is 14.2 Å². The number of esters is 1. The van der Waals surface area contributed by atoms with Gasteiger partial charge in [-0.15, -0.1) is 0 Å². The van der Waals surface area contributed by atoms with E-state index in [4.69, 9.17) is 9.15 Å². The van der Waals surface area contributed by atoms with Gasteiger partial charge in [0.05, 0.1) is 0 Å². The highest BCUT2D eigenvalue weighted by Gasteiger charge is 2.18. The van der Waals surface area contributed by atoms with E-state index in [0.29, 0.717) is 11.3 Å². The van der Waals surface area contributed by atoms with Crippen LogP contribution >= 0.6 is 0 Å². The van der Waals surface area contributed by atoms with Crippen molar-refractivity contribution < 1.29 is 18.3 Å². The van der Waals surface area contributed by atoms with Crippen molar-refractivity contribution in [2.24, 2.45) is 0 Å². The molecule has 0 bridgehead atoms. The highest BCUT2D eigenvalue weighted by Crippen LogP contribution is 2.21. The summed E-state index contributed by atoms with van der Waals surface area (Å²) < 4.78 is 23.4. The summed E-state index contributed by atoms with van der Waals surface area (Å²) in [6, 6.07) is 4.58. The summed E-state index contributed by atoms with van der Waals surface area (Å²) >= 11 is 0. The Labute approximate surface area is 97.0 Å². The van der Waals surface area contributed by atoms with E-state index >= 15 is 0 Å². The van der Waals surface area contributed by atoms with Crippen LogP contribution in [0.2, 0.25) is 0 Å². The molecule has 0 radical (unpaired) electrons. The van der Waals surface area contributed by atoms with E-state index in [9.17, 15) is 9.18 Å². The second-order valence-electron chi connectivity index (χ2n) is 3.53. The van der Waals surface area contributed by atoms with Gasteiger partial charge in [0.25, 0.3) is 0 Å². The van der Waals surface area contributed by atoms with Crippen LogP contribution in [0.15, 0.2) is 29.0 Å². The van der Waals surface area contributed by atoms with E-state index in [-0.39, 0.29) is 11.4 Å². The Morgan fingerprint density at radius 2 is 2.18 bits per heavy atom. The smallest absolute Gasteiger partial charge is 0.366 e. The number of oxazole rings is 1. The predicted octanol–water partition coefficient (Wildman–Crippen LogP) is 2.65. The van der Waals surface area contributed by atoms with E-state index < -0.39 is 11.8 Å². The molecule has 0 spiro atoms. The van der Waals surface area contributed by atoms with Gasteiger partial charge in [-0.05, 0) is 25.5 Å². The monoisotopic (exact) mass is 235 g/mol. The van der Waals surface area contributed by atoms with Gasteiger partial charge in [0, 0.05) is 0 Å². The molecule has 0 saturated heterocycles. The first-order valence-electron chi connectivity index (χ1n) is 4.97. The molecule has 0 aliphatic rings. The number of aromatic nitrogens is 1. The van der Waals surface area contributed by atoms with Crippen LogP contribution in [0.1, 0.15) is 21.8 Å². The number of aryl methyl sites for hydroxylation is 2. The van der Waals surface area contributed by atoms with E-state index in [1.807, 2.05) is 0 Å². The minimum Gasteiger partial charge on any atom is -0.448 e. The number of carbonyl (C=O) groups is 1. The quantitative estimate of drug-likeness (QED) is 0.593. The van der Waals surface area contributed by atoms with Crippen LogP contribution in [0.25, 0.3) is 0 Å². The summed E-state index contributed by atoms with van der Waals surface area (Å²) in [4.78, 5) is 15.3. The molecule has 4 nitrogen and oxygen atoms in total. The topological polar surface area (TPSA) is 52.3 Å². The minimum atomic E-state index is -0.735. The molecule has 0 N–H and O–H groups in total. The third-order valence-corrected chi connectivity index (χ3v) is 2.30. The zero-order chi connectivity index (χ0) is 12.4. The van der Waals surface area contributed by atoms with E-state index in [1.165, 1.54) is 6.07 Å². The van der Waals surface area contributed by atoms with Gasteiger partial charge in [0.1, 0.15) is 5.76 Å². The summed E-state index contributed by atoms with van der Waals surface area (Å²) in [5, 5.41) is 0. The van der Waals surface area contributed by atoms with Crippen molar-refractivity contribution >= 4 is 5.97 Å². The lowest BCUT2D eigenvalue weighted by molar-refractivity contribution is 0.0720. The Hall–Kier alpha value is -2.17. The molecule has 2 rings (SSSR count).